The van der Waals surface area contributed by atoms with E-state index in [0.29, 0.717) is 22.7 Å². The minimum absolute atomic E-state index is 0.0666. The van der Waals surface area contributed by atoms with E-state index in [1.165, 1.54) is 31.6 Å². The van der Waals surface area contributed by atoms with Gasteiger partial charge in [-0.15, -0.1) is 0 Å². The van der Waals surface area contributed by atoms with Gasteiger partial charge in [0.25, 0.3) is 5.91 Å². The van der Waals surface area contributed by atoms with Crippen LogP contribution >= 0.6 is 0 Å². The standard InChI is InChI=1S/C24H25N5O5S/c1-25-24(31)17-13-27-21(29-23(30)14-7-8-14)11-20(17)28-19-6-4-5-16(22(19)34-2)18-10-9-15(12-26-18)35(3,32)33/h4-6,9-14H,7-8H2,1-3H3,(H,25,31)(H2,27,28,29,30)/i1D3. The van der Waals surface area contributed by atoms with Gasteiger partial charge in [0.05, 0.1) is 34.6 Å². The number of rotatable bonds is 8. The summed E-state index contributed by atoms with van der Waals surface area (Å²) < 4.78 is 51.3. The average molecular weight is 499 g/mol. The minimum atomic E-state index is -3.43. The molecule has 0 spiro atoms. The fraction of sp³-hybridized carbons (Fsp3) is 0.250. The summed E-state index contributed by atoms with van der Waals surface area (Å²) in [4.78, 5) is 33.4. The molecule has 3 aromatic rings. The second kappa shape index (κ2) is 9.71. The Hall–Kier alpha value is -3.99. The van der Waals surface area contributed by atoms with Crippen molar-refractivity contribution in [1.29, 1.82) is 0 Å². The highest BCUT2D eigenvalue weighted by atomic mass is 32.2. The first-order chi connectivity index (χ1) is 17.9. The molecule has 2 heterocycles. The van der Waals surface area contributed by atoms with E-state index < -0.39 is 22.7 Å². The van der Waals surface area contributed by atoms with Crippen molar-refractivity contribution in [2.24, 2.45) is 5.92 Å². The summed E-state index contributed by atoms with van der Waals surface area (Å²) in [5.74, 6) is -0.651. The third-order valence-electron chi connectivity index (χ3n) is 5.39. The predicted octanol–water partition coefficient (Wildman–Crippen LogP) is 3.01. The number of pyridine rings is 2. The molecule has 182 valence electrons. The molecule has 1 aromatic carbocycles. The predicted molar refractivity (Wildman–Crippen MR) is 132 cm³/mol. The van der Waals surface area contributed by atoms with Crippen LogP contribution in [0.25, 0.3) is 11.3 Å². The van der Waals surface area contributed by atoms with Crippen LogP contribution in [-0.2, 0) is 14.6 Å². The Bertz CT molecular complexity index is 1490. The van der Waals surface area contributed by atoms with E-state index in [-0.39, 0.29) is 33.8 Å². The molecule has 0 unspecified atom stereocenters. The summed E-state index contributed by atoms with van der Waals surface area (Å²) in [6, 6.07) is 9.51. The SMILES string of the molecule is [2H]C([2H])([2H])NC(=O)c1cnc(NC(=O)C2CC2)cc1Nc1cccc(-c2ccc(S(C)(=O)=O)cn2)c1OC. The summed E-state index contributed by atoms with van der Waals surface area (Å²) in [6.07, 6.45) is 5.09. The smallest absolute Gasteiger partial charge is 0.254 e. The highest BCUT2D eigenvalue weighted by Crippen LogP contribution is 2.38. The molecule has 4 rings (SSSR count). The fourth-order valence-corrected chi connectivity index (χ4v) is 3.97. The van der Waals surface area contributed by atoms with Crippen LogP contribution in [0.2, 0.25) is 0 Å². The van der Waals surface area contributed by atoms with Crippen molar-refractivity contribution in [3.63, 3.8) is 0 Å². The van der Waals surface area contributed by atoms with E-state index in [1.807, 2.05) is 5.32 Å². The Morgan fingerprint density at radius 3 is 2.54 bits per heavy atom. The molecular formula is C24H25N5O5S. The van der Waals surface area contributed by atoms with Crippen LogP contribution in [0.4, 0.5) is 17.2 Å². The third kappa shape index (κ3) is 5.40. The average Bonchev–Trinajstić information content (AvgIpc) is 3.68. The zero-order valence-corrected chi connectivity index (χ0v) is 19.8. The molecule has 1 aliphatic carbocycles. The third-order valence-corrected chi connectivity index (χ3v) is 6.49. The number of carbonyl (C=O) groups excluding carboxylic acids is 2. The van der Waals surface area contributed by atoms with Gasteiger partial charge in [-0.05, 0) is 37.1 Å². The van der Waals surface area contributed by atoms with Gasteiger partial charge >= 0.3 is 0 Å². The van der Waals surface area contributed by atoms with E-state index in [9.17, 15) is 18.0 Å². The van der Waals surface area contributed by atoms with E-state index in [2.05, 4.69) is 20.6 Å². The summed E-state index contributed by atoms with van der Waals surface area (Å²) in [5.41, 5.74) is 1.46. The lowest BCUT2D eigenvalue weighted by Gasteiger charge is -2.17. The number of para-hydroxylation sites is 1. The lowest BCUT2D eigenvalue weighted by molar-refractivity contribution is -0.117. The number of carbonyl (C=O) groups is 2. The van der Waals surface area contributed by atoms with Gasteiger partial charge in [-0.2, -0.15) is 0 Å². The van der Waals surface area contributed by atoms with Crippen LogP contribution in [0.15, 0.2) is 53.7 Å². The first-order valence-corrected chi connectivity index (χ1v) is 12.5. The molecule has 0 bridgehead atoms. The molecule has 2 amide bonds. The summed E-state index contributed by atoms with van der Waals surface area (Å²) in [6.45, 7) is -2.73. The summed E-state index contributed by atoms with van der Waals surface area (Å²) >= 11 is 0. The highest BCUT2D eigenvalue weighted by molar-refractivity contribution is 7.90. The largest absolute Gasteiger partial charge is 0.494 e. The molecule has 0 radical (unpaired) electrons. The first kappa shape index (κ1) is 20.4. The molecule has 1 saturated carbocycles. The number of aromatic nitrogens is 2. The lowest BCUT2D eigenvalue weighted by Crippen LogP contribution is -2.20. The lowest BCUT2D eigenvalue weighted by atomic mass is 10.1. The summed E-state index contributed by atoms with van der Waals surface area (Å²) in [5, 5.41) is 7.72. The van der Waals surface area contributed by atoms with Gasteiger partial charge in [-0.3, -0.25) is 14.6 Å². The Labute approximate surface area is 207 Å². The molecular weight excluding hydrogens is 470 g/mol. The highest BCUT2D eigenvalue weighted by Gasteiger charge is 2.30. The van der Waals surface area contributed by atoms with Gasteiger partial charge in [0.2, 0.25) is 5.91 Å². The van der Waals surface area contributed by atoms with E-state index >= 15 is 0 Å². The van der Waals surface area contributed by atoms with Crippen molar-refractivity contribution in [3.8, 4) is 17.0 Å². The Balaban J connectivity index is 1.73. The molecule has 2 aromatic heterocycles. The van der Waals surface area contributed by atoms with Gasteiger partial charge in [-0.25, -0.2) is 13.4 Å². The van der Waals surface area contributed by atoms with Crippen LogP contribution in [0, 0.1) is 5.92 Å². The van der Waals surface area contributed by atoms with Gasteiger partial charge in [0.1, 0.15) is 5.82 Å². The van der Waals surface area contributed by atoms with Crippen LogP contribution in [0.3, 0.4) is 0 Å². The Morgan fingerprint density at radius 2 is 1.91 bits per heavy atom. The molecule has 0 atom stereocenters. The quantitative estimate of drug-likeness (QED) is 0.431. The van der Waals surface area contributed by atoms with Crippen molar-refractivity contribution >= 4 is 38.8 Å². The van der Waals surface area contributed by atoms with E-state index in [4.69, 9.17) is 8.85 Å². The number of hydrogen-bond donors (Lipinski definition) is 3. The number of hydrogen-bond acceptors (Lipinski definition) is 8. The number of amides is 2. The zero-order chi connectivity index (χ0) is 27.7. The molecule has 1 fully saturated rings. The normalized spacial score (nSPS) is 14.7. The number of sulfone groups is 1. The monoisotopic (exact) mass is 498 g/mol. The maximum atomic E-state index is 12.8. The maximum Gasteiger partial charge on any atom is 0.254 e. The molecule has 0 saturated heterocycles. The molecule has 11 heteroatoms. The van der Waals surface area contributed by atoms with Crippen molar-refractivity contribution in [2.45, 2.75) is 17.7 Å². The number of anilines is 3. The maximum absolute atomic E-state index is 12.8. The molecule has 1 aliphatic rings. The Kier molecular flexibility index (Phi) is 5.65. The zero-order valence-electron chi connectivity index (χ0n) is 22.0. The van der Waals surface area contributed by atoms with Crippen LogP contribution in [0.5, 0.6) is 5.75 Å². The first-order valence-electron chi connectivity index (χ1n) is 12.1. The second-order valence-corrected chi connectivity index (χ2v) is 10.0. The molecule has 10 nitrogen and oxygen atoms in total. The number of nitrogens with one attached hydrogen (secondary N) is 3. The van der Waals surface area contributed by atoms with Crippen molar-refractivity contribution in [1.82, 2.24) is 15.3 Å². The van der Waals surface area contributed by atoms with Gasteiger partial charge < -0.3 is 20.7 Å². The van der Waals surface area contributed by atoms with E-state index in [1.54, 1.807) is 24.3 Å². The van der Waals surface area contributed by atoms with Gasteiger partial charge in [0, 0.05) is 47.3 Å². The van der Waals surface area contributed by atoms with Gasteiger partial charge in [-0.1, -0.05) is 6.07 Å². The van der Waals surface area contributed by atoms with Crippen molar-refractivity contribution in [3.05, 3.63) is 54.4 Å². The van der Waals surface area contributed by atoms with Crippen LogP contribution in [-0.4, -0.2) is 50.5 Å². The minimum Gasteiger partial charge on any atom is -0.494 e. The number of methoxy groups -OCH3 is 1. The van der Waals surface area contributed by atoms with Crippen molar-refractivity contribution < 1.29 is 26.9 Å². The second-order valence-electron chi connectivity index (χ2n) is 8.00. The summed E-state index contributed by atoms with van der Waals surface area (Å²) in [7, 11) is -1.99. The topological polar surface area (TPSA) is 139 Å². The van der Waals surface area contributed by atoms with Crippen LogP contribution < -0.4 is 20.7 Å². The van der Waals surface area contributed by atoms with E-state index in [0.717, 1.165) is 19.1 Å². The van der Waals surface area contributed by atoms with Crippen molar-refractivity contribution in [2.75, 3.05) is 31.0 Å². The van der Waals surface area contributed by atoms with Gasteiger partial charge in [0.15, 0.2) is 15.6 Å². The molecule has 0 aliphatic heterocycles. The van der Waals surface area contributed by atoms with Crippen LogP contribution in [0.1, 0.15) is 27.3 Å². The fourth-order valence-electron chi connectivity index (χ4n) is 3.41. The number of benzene rings is 1. The number of nitrogens with zero attached hydrogens (tertiary/aromatic N) is 2. The number of ether oxygens (including phenoxy) is 1. The molecule has 3 N–H and O–H groups in total. The molecule has 35 heavy (non-hydrogen) atoms. The Morgan fingerprint density at radius 1 is 1.11 bits per heavy atom.